The maximum absolute atomic E-state index is 4.33. The van der Waals surface area contributed by atoms with E-state index in [0.29, 0.717) is 0 Å². The lowest BCUT2D eigenvalue weighted by atomic mass is 9.98. The van der Waals surface area contributed by atoms with Gasteiger partial charge in [-0.25, -0.2) is 0 Å². The van der Waals surface area contributed by atoms with Gasteiger partial charge in [-0.1, -0.05) is 111 Å². The Bertz CT molecular complexity index is 1830. The zero-order valence-corrected chi connectivity index (χ0v) is 24.2. The Labute approximate surface area is 248 Å². The van der Waals surface area contributed by atoms with Crippen LogP contribution in [0.5, 0.6) is 0 Å². The number of nitrogens with zero attached hydrogens (tertiary/aromatic N) is 3. The van der Waals surface area contributed by atoms with E-state index in [0.717, 1.165) is 40.3 Å². The van der Waals surface area contributed by atoms with Gasteiger partial charge in [-0.2, -0.15) is 0 Å². The predicted octanol–water partition coefficient (Wildman–Crippen LogP) is 9.84. The summed E-state index contributed by atoms with van der Waals surface area (Å²) in [5.41, 5.74) is 11.2. The second kappa shape index (κ2) is 12.7. The Hall–Kier alpha value is -5.02. The molecule has 0 saturated heterocycles. The standard InChI is InChI=1S/C36H27N3.C3H8/c1-2-4-26(5-3-1)22-27-6-12-30(13-7-27)31-14-8-28(9-15-31)23-29-10-16-32(17-11-29)39-35-18-20-37-24-33(35)34-25-38-21-19-36(34)39;1-3-2/h1-21,24-25H,22-23H2;3H2,1-2H3. The molecule has 3 aromatic heterocycles. The van der Waals surface area contributed by atoms with Crippen LogP contribution in [0.1, 0.15) is 42.5 Å². The molecule has 7 rings (SSSR count). The van der Waals surface area contributed by atoms with E-state index in [2.05, 4.69) is 144 Å². The van der Waals surface area contributed by atoms with Crippen LogP contribution in [-0.4, -0.2) is 14.5 Å². The zero-order chi connectivity index (χ0) is 28.7. The Morgan fingerprint density at radius 1 is 0.476 bits per heavy atom. The Morgan fingerprint density at radius 2 is 0.881 bits per heavy atom. The normalized spacial score (nSPS) is 10.9. The van der Waals surface area contributed by atoms with E-state index in [1.54, 1.807) is 0 Å². The van der Waals surface area contributed by atoms with E-state index >= 15 is 0 Å². The van der Waals surface area contributed by atoms with Crippen molar-refractivity contribution in [3.8, 4) is 16.8 Å². The molecule has 0 atom stereocenters. The summed E-state index contributed by atoms with van der Waals surface area (Å²) in [5, 5.41) is 2.24. The maximum Gasteiger partial charge on any atom is 0.0572 e. The highest BCUT2D eigenvalue weighted by molar-refractivity contribution is 6.08. The zero-order valence-electron chi connectivity index (χ0n) is 24.2. The summed E-state index contributed by atoms with van der Waals surface area (Å²) in [6.45, 7) is 4.25. The first-order valence-corrected chi connectivity index (χ1v) is 14.7. The minimum absolute atomic E-state index is 0.900. The Kier molecular flexibility index (Phi) is 8.19. The number of rotatable bonds is 6. The number of hydrogen-bond acceptors (Lipinski definition) is 2. The molecular formula is C39H35N3. The van der Waals surface area contributed by atoms with Gasteiger partial charge in [0.25, 0.3) is 0 Å². The highest BCUT2D eigenvalue weighted by Crippen LogP contribution is 2.31. The lowest BCUT2D eigenvalue weighted by Crippen LogP contribution is -1.95. The van der Waals surface area contributed by atoms with Gasteiger partial charge in [-0.15, -0.1) is 0 Å². The van der Waals surface area contributed by atoms with Crippen LogP contribution in [0.15, 0.2) is 140 Å². The third-order valence-corrected chi connectivity index (χ3v) is 7.46. The van der Waals surface area contributed by atoms with Crippen molar-refractivity contribution in [1.29, 1.82) is 0 Å². The summed E-state index contributed by atoms with van der Waals surface area (Å²) >= 11 is 0. The van der Waals surface area contributed by atoms with Crippen molar-refractivity contribution in [2.45, 2.75) is 33.1 Å². The Balaban J connectivity index is 0.00000101. The molecule has 0 aliphatic carbocycles. The van der Waals surface area contributed by atoms with Crippen molar-refractivity contribution < 1.29 is 0 Å². The molecule has 42 heavy (non-hydrogen) atoms. The fourth-order valence-corrected chi connectivity index (χ4v) is 5.45. The molecule has 206 valence electrons. The van der Waals surface area contributed by atoms with E-state index < -0.39 is 0 Å². The van der Waals surface area contributed by atoms with E-state index in [1.165, 1.54) is 39.8 Å². The molecule has 0 N–H and O–H groups in total. The van der Waals surface area contributed by atoms with Gasteiger partial charge in [0.15, 0.2) is 0 Å². The van der Waals surface area contributed by atoms with Crippen LogP contribution in [0.4, 0.5) is 0 Å². The van der Waals surface area contributed by atoms with Gasteiger partial charge in [-0.3, -0.25) is 9.97 Å². The van der Waals surface area contributed by atoms with Crippen molar-refractivity contribution in [2.24, 2.45) is 0 Å². The number of aromatic nitrogens is 3. The topological polar surface area (TPSA) is 30.7 Å². The second-order valence-electron chi connectivity index (χ2n) is 10.7. The van der Waals surface area contributed by atoms with E-state index in [-0.39, 0.29) is 0 Å². The van der Waals surface area contributed by atoms with Crippen LogP contribution in [0.3, 0.4) is 0 Å². The van der Waals surface area contributed by atoms with Gasteiger partial charge < -0.3 is 4.57 Å². The Morgan fingerprint density at radius 3 is 1.33 bits per heavy atom. The molecule has 7 aromatic rings. The van der Waals surface area contributed by atoms with Crippen molar-refractivity contribution in [3.05, 3.63) is 162 Å². The second-order valence-corrected chi connectivity index (χ2v) is 10.7. The number of pyridine rings is 2. The van der Waals surface area contributed by atoms with Gasteiger partial charge >= 0.3 is 0 Å². The van der Waals surface area contributed by atoms with Crippen molar-refractivity contribution in [1.82, 2.24) is 14.5 Å². The van der Waals surface area contributed by atoms with E-state index in [4.69, 9.17) is 0 Å². The molecule has 0 amide bonds. The minimum atomic E-state index is 0.900. The number of fused-ring (bicyclic) bond motifs is 3. The van der Waals surface area contributed by atoms with Crippen LogP contribution >= 0.6 is 0 Å². The van der Waals surface area contributed by atoms with E-state index in [1.807, 2.05) is 24.8 Å². The van der Waals surface area contributed by atoms with Crippen LogP contribution in [0.25, 0.3) is 38.6 Å². The summed E-state index contributed by atoms with van der Waals surface area (Å²) in [5.74, 6) is 0. The third kappa shape index (κ3) is 5.87. The number of benzene rings is 4. The van der Waals surface area contributed by atoms with Gasteiger partial charge in [0.2, 0.25) is 0 Å². The first-order valence-electron chi connectivity index (χ1n) is 14.7. The molecule has 0 fully saturated rings. The van der Waals surface area contributed by atoms with Gasteiger partial charge in [-0.05, 0) is 70.5 Å². The molecule has 4 aromatic carbocycles. The first kappa shape index (κ1) is 27.2. The van der Waals surface area contributed by atoms with Crippen LogP contribution < -0.4 is 0 Å². The smallest absolute Gasteiger partial charge is 0.0572 e. The molecule has 0 spiro atoms. The summed E-state index contributed by atoms with van der Waals surface area (Å²) in [6.07, 6.45) is 10.7. The molecule has 0 radical (unpaired) electrons. The van der Waals surface area contributed by atoms with Crippen LogP contribution in [-0.2, 0) is 12.8 Å². The van der Waals surface area contributed by atoms with Crippen molar-refractivity contribution >= 4 is 21.8 Å². The fourth-order valence-electron chi connectivity index (χ4n) is 5.45. The maximum atomic E-state index is 4.33. The summed E-state index contributed by atoms with van der Waals surface area (Å²) in [6, 6.07) is 41.5. The molecule has 0 saturated carbocycles. The van der Waals surface area contributed by atoms with Crippen LogP contribution in [0, 0.1) is 0 Å². The van der Waals surface area contributed by atoms with Crippen LogP contribution in [0.2, 0.25) is 0 Å². The molecule has 0 aliphatic rings. The highest BCUT2D eigenvalue weighted by atomic mass is 15.0. The monoisotopic (exact) mass is 545 g/mol. The minimum Gasteiger partial charge on any atom is -0.309 e. The van der Waals surface area contributed by atoms with Crippen molar-refractivity contribution in [2.75, 3.05) is 0 Å². The lowest BCUT2D eigenvalue weighted by molar-refractivity contribution is 1.09. The average molecular weight is 546 g/mol. The SMILES string of the molecule is CCC.c1ccc(Cc2ccc(-c3ccc(Cc4ccc(-n5c6ccncc6c6cnccc65)cc4)cc3)cc2)cc1. The fraction of sp³-hybridized carbons (Fsp3) is 0.128. The third-order valence-electron chi connectivity index (χ3n) is 7.46. The predicted molar refractivity (Wildman–Crippen MR) is 176 cm³/mol. The molecule has 3 nitrogen and oxygen atoms in total. The summed E-state index contributed by atoms with van der Waals surface area (Å²) < 4.78 is 2.29. The van der Waals surface area contributed by atoms with Gasteiger partial charge in [0.05, 0.1) is 11.0 Å². The average Bonchev–Trinajstić information content (AvgIpc) is 3.38. The molecule has 3 heterocycles. The lowest BCUT2D eigenvalue weighted by Gasteiger charge is -2.10. The number of hydrogen-bond donors (Lipinski definition) is 0. The molecule has 0 bridgehead atoms. The van der Waals surface area contributed by atoms with Gasteiger partial charge in [0, 0.05) is 41.2 Å². The van der Waals surface area contributed by atoms with Gasteiger partial charge in [0.1, 0.15) is 0 Å². The summed E-state index contributed by atoms with van der Waals surface area (Å²) in [4.78, 5) is 8.67. The van der Waals surface area contributed by atoms with Crippen molar-refractivity contribution in [3.63, 3.8) is 0 Å². The molecule has 0 unspecified atom stereocenters. The summed E-state index contributed by atoms with van der Waals surface area (Å²) in [7, 11) is 0. The molecule has 3 heteroatoms. The largest absolute Gasteiger partial charge is 0.309 e. The first-order chi connectivity index (χ1) is 20.7. The molecule has 0 aliphatic heterocycles. The quantitative estimate of drug-likeness (QED) is 0.208. The van der Waals surface area contributed by atoms with E-state index in [9.17, 15) is 0 Å². The highest BCUT2D eigenvalue weighted by Gasteiger charge is 2.12. The molecular weight excluding hydrogens is 510 g/mol.